The molecule has 2 saturated carbocycles. The van der Waals surface area contributed by atoms with Crippen molar-refractivity contribution in [3.05, 3.63) is 29.3 Å². The van der Waals surface area contributed by atoms with Crippen molar-refractivity contribution in [2.24, 2.45) is 17.3 Å². The number of hydrogen-bond acceptors (Lipinski definition) is 2. The zero-order chi connectivity index (χ0) is 13.9. The van der Waals surface area contributed by atoms with E-state index in [1.54, 1.807) is 0 Å². The van der Waals surface area contributed by atoms with Crippen LogP contribution in [-0.2, 0) is 4.79 Å². The molecule has 0 N–H and O–H groups in total. The van der Waals surface area contributed by atoms with Gasteiger partial charge in [-0.05, 0) is 55.2 Å². The lowest BCUT2D eigenvalue weighted by atomic mass is 9.58. The number of ether oxygens (including phenoxy) is 1. The van der Waals surface area contributed by atoms with Gasteiger partial charge < -0.3 is 4.74 Å². The summed E-state index contributed by atoms with van der Waals surface area (Å²) in [7, 11) is 0. The van der Waals surface area contributed by atoms with Gasteiger partial charge >= 0.3 is 0 Å². The lowest BCUT2D eigenvalue weighted by Gasteiger charge is -2.47. The Bertz CT molecular complexity index is 577. The SMILES string of the molecule is Cc1ccc2c(c1)OC[C@H]1[C@@H]2CC[C@]2(C)C(=O)CC[C@@H]12. The van der Waals surface area contributed by atoms with Crippen LogP contribution in [0.15, 0.2) is 18.2 Å². The van der Waals surface area contributed by atoms with E-state index in [2.05, 4.69) is 32.0 Å². The average Bonchev–Trinajstić information content (AvgIpc) is 2.74. The fourth-order valence-electron chi connectivity index (χ4n) is 4.94. The third-order valence-corrected chi connectivity index (χ3v) is 6.15. The van der Waals surface area contributed by atoms with Crippen molar-refractivity contribution in [1.29, 1.82) is 0 Å². The predicted molar refractivity (Wildman–Crippen MR) is 78.0 cm³/mol. The van der Waals surface area contributed by atoms with Crippen LogP contribution in [0.3, 0.4) is 0 Å². The van der Waals surface area contributed by atoms with E-state index in [9.17, 15) is 4.79 Å². The van der Waals surface area contributed by atoms with Gasteiger partial charge in [0.1, 0.15) is 11.5 Å². The topological polar surface area (TPSA) is 26.3 Å². The summed E-state index contributed by atoms with van der Waals surface area (Å²) in [6, 6.07) is 6.61. The van der Waals surface area contributed by atoms with Crippen molar-refractivity contribution in [2.45, 2.75) is 45.4 Å². The lowest BCUT2D eigenvalue weighted by molar-refractivity contribution is -0.129. The Morgan fingerprint density at radius 1 is 1.30 bits per heavy atom. The number of Topliss-reactive ketones (excluding diaryl/α,β-unsaturated/α-hetero) is 1. The average molecular weight is 270 g/mol. The first-order chi connectivity index (χ1) is 9.59. The minimum Gasteiger partial charge on any atom is -0.493 e. The first-order valence-corrected chi connectivity index (χ1v) is 7.86. The van der Waals surface area contributed by atoms with E-state index in [1.807, 2.05) is 0 Å². The second-order valence-corrected chi connectivity index (χ2v) is 7.15. The third kappa shape index (κ3) is 1.54. The molecule has 1 aromatic rings. The van der Waals surface area contributed by atoms with Crippen LogP contribution in [-0.4, -0.2) is 12.4 Å². The van der Waals surface area contributed by atoms with Gasteiger partial charge in [0.25, 0.3) is 0 Å². The summed E-state index contributed by atoms with van der Waals surface area (Å²) in [5, 5.41) is 0. The molecule has 0 unspecified atom stereocenters. The molecule has 20 heavy (non-hydrogen) atoms. The van der Waals surface area contributed by atoms with E-state index in [1.165, 1.54) is 11.1 Å². The molecule has 2 heteroatoms. The molecule has 2 fully saturated rings. The van der Waals surface area contributed by atoms with Crippen LogP contribution in [0.4, 0.5) is 0 Å². The van der Waals surface area contributed by atoms with Gasteiger partial charge in [-0.1, -0.05) is 19.1 Å². The van der Waals surface area contributed by atoms with Crippen LogP contribution < -0.4 is 4.74 Å². The summed E-state index contributed by atoms with van der Waals surface area (Å²) in [5.74, 6) is 3.25. The highest BCUT2D eigenvalue weighted by molar-refractivity contribution is 5.87. The standard InChI is InChI=1S/C18H22O2/c1-11-3-4-13-12-7-8-18(2)15(5-6-17(18)19)14(12)10-20-16(13)9-11/h3-4,9,12,14-15H,5-8,10H2,1-2H3/t12-,14+,15+,18+/m1/s1. The summed E-state index contributed by atoms with van der Waals surface area (Å²) in [6.07, 6.45) is 4.06. The maximum atomic E-state index is 12.3. The van der Waals surface area contributed by atoms with Crippen molar-refractivity contribution < 1.29 is 9.53 Å². The highest BCUT2D eigenvalue weighted by Gasteiger charge is 2.55. The lowest BCUT2D eigenvalue weighted by Crippen LogP contribution is -2.44. The van der Waals surface area contributed by atoms with Gasteiger partial charge in [0.2, 0.25) is 0 Å². The first-order valence-electron chi connectivity index (χ1n) is 7.86. The molecule has 0 amide bonds. The molecule has 1 heterocycles. The minimum absolute atomic E-state index is 0.0628. The molecule has 0 saturated heterocycles. The van der Waals surface area contributed by atoms with Gasteiger partial charge in [0.15, 0.2) is 0 Å². The van der Waals surface area contributed by atoms with Gasteiger partial charge in [-0.3, -0.25) is 4.79 Å². The predicted octanol–water partition coefficient (Wildman–Crippen LogP) is 3.87. The fraction of sp³-hybridized carbons (Fsp3) is 0.611. The zero-order valence-electron chi connectivity index (χ0n) is 12.3. The number of aryl methyl sites for hydroxylation is 1. The molecule has 2 nitrogen and oxygen atoms in total. The van der Waals surface area contributed by atoms with E-state index in [4.69, 9.17) is 4.74 Å². The molecule has 2 aliphatic carbocycles. The number of fused-ring (bicyclic) bond motifs is 5. The first kappa shape index (κ1) is 12.4. The Labute approximate surface area is 120 Å². The number of benzene rings is 1. The Hall–Kier alpha value is -1.31. The highest BCUT2D eigenvalue weighted by atomic mass is 16.5. The Balaban J connectivity index is 1.73. The van der Waals surface area contributed by atoms with Crippen LogP contribution in [0.1, 0.15) is 49.7 Å². The van der Waals surface area contributed by atoms with Crippen molar-refractivity contribution in [3.63, 3.8) is 0 Å². The van der Waals surface area contributed by atoms with Crippen LogP contribution in [0, 0.1) is 24.2 Å². The number of carbonyl (C=O) groups excluding carboxylic acids is 1. The maximum Gasteiger partial charge on any atom is 0.139 e. The highest BCUT2D eigenvalue weighted by Crippen LogP contribution is 2.58. The van der Waals surface area contributed by atoms with Crippen LogP contribution in [0.5, 0.6) is 5.75 Å². The Morgan fingerprint density at radius 2 is 2.15 bits per heavy atom. The molecule has 0 radical (unpaired) electrons. The smallest absolute Gasteiger partial charge is 0.139 e. The van der Waals surface area contributed by atoms with E-state index >= 15 is 0 Å². The van der Waals surface area contributed by atoms with Crippen LogP contribution >= 0.6 is 0 Å². The van der Waals surface area contributed by atoms with Crippen LogP contribution in [0.2, 0.25) is 0 Å². The van der Waals surface area contributed by atoms with E-state index in [0.717, 1.165) is 38.0 Å². The molecule has 3 aliphatic rings. The summed E-state index contributed by atoms with van der Waals surface area (Å²) >= 11 is 0. The molecule has 0 bridgehead atoms. The van der Waals surface area contributed by atoms with E-state index < -0.39 is 0 Å². The third-order valence-electron chi connectivity index (χ3n) is 6.15. The second kappa shape index (κ2) is 4.09. The van der Waals surface area contributed by atoms with Gasteiger partial charge in [-0.15, -0.1) is 0 Å². The van der Waals surface area contributed by atoms with Gasteiger partial charge in [-0.2, -0.15) is 0 Å². The number of carbonyl (C=O) groups is 1. The molecule has 0 aromatic heterocycles. The molecular weight excluding hydrogens is 248 g/mol. The summed E-state index contributed by atoms with van der Waals surface area (Å²) in [4.78, 5) is 12.3. The molecule has 0 spiro atoms. The number of ketones is 1. The molecule has 1 aliphatic heterocycles. The second-order valence-electron chi connectivity index (χ2n) is 7.15. The maximum absolute atomic E-state index is 12.3. The Kier molecular flexibility index (Phi) is 2.55. The van der Waals surface area contributed by atoms with Crippen LogP contribution in [0.25, 0.3) is 0 Å². The van der Waals surface area contributed by atoms with Gasteiger partial charge in [-0.25, -0.2) is 0 Å². The normalized spacial score (nSPS) is 38.7. The summed E-state index contributed by atoms with van der Waals surface area (Å²) in [5.41, 5.74) is 2.58. The molecule has 1 aromatic carbocycles. The van der Waals surface area contributed by atoms with Crippen molar-refractivity contribution in [2.75, 3.05) is 6.61 Å². The fourth-order valence-corrected chi connectivity index (χ4v) is 4.94. The van der Waals surface area contributed by atoms with Crippen molar-refractivity contribution in [3.8, 4) is 5.75 Å². The monoisotopic (exact) mass is 270 g/mol. The van der Waals surface area contributed by atoms with Crippen molar-refractivity contribution in [1.82, 2.24) is 0 Å². The van der Waals surface area contributed by atoms with E-state index in [-0.39, 0.29) is 5.41 Å². The number of hydrogen-bond donors (Lipinski definition) is 0. The summed E-state index contributed by atoms with van der Waals surface area (Å²) in [6.45, 7) is 5.12. The largest absolute Gasteiger partial charge is 0.493 e. The Morgan fingerprint density at radius 3 is 3.00 bits per heavy atom. The quantitative estimate of drug-likeness (QED) is 0.715. The minimum atomic E-state index is -0.0628. The number of rotatable bonds is 0. The molecule has 4 rings (SSSR count). The summed E-state index contributed by atoms with van der Waals surface area (Å²) < 4.78 is 6.05. The van der Waals surface area contributed by atoms with Crippen molar-refractivity contribution >= 4 is 5.78 Å². The molecule has 106 valence electrons. The van der Waals surface area contributed by atoms with Gasteiger partial charge in [0.05, 0.1) is 6.61 Å². The molecule has 4 atom stereocenters. The molecular formula is C18H22O2. The van der Waals surface area contributed by atoms with E-state index in [0.29, 0.717) is 23.5 Å². The zero-order valence-corrected chi connectivity index (χ0v) is 12.3. The van der Waals surface area contributed by atoms with Gasteiger partial charge in [0, 0.05) is 17.8 Å².